The molecule has 1 aromatic heterocycles. The van der Waals surface area contributed by atoms with Crippen LogP contribution in [0.3, 0.4) is 0 Å². The van der Waals surface area contributed by atoms with Gasteiger partial charge < -0.3 is 10.1 Å². The Hall–Kier alpha value is -1.33. The first-order valence-corrected chi connectivity index (χ1v) is 7.50. The van der Waals surface area contributed by atoms with Crippen molar-refractivity contribution in [2.45, 2.75) is 19.4 Å². The van der Waals surface area contributed by atoms with Crippen LogP contribution in [0.25, 0.3) is 0 Å². The number of nitrogens with one attached hydrogen (secondary N) is 1. The van der Waals surface area contributed by atoms with E-state index in [0.29, 0.717) is 0 Å². The molecule has 20 heavy (non-hydrogen) atoms. The molecule has 108 valence electrons. The van der Waals surface area contributed by atoms with E-state index in [2.05, 4.69) is 45.4 Å². The Morgan fingerprint density at radius 1 is 1.40 bits per heavy atom. The average molecular weight is 338 g/mol. The Balaban J connectivity index is 2.33. The van der Waals surface area contributed by atoms with Gasteiger partial charge in [0.1, 0.15) is 5.75 Å². The number of aryl methyl sites for hydroxylation is 1. The lowest BCUT2D eigenvalue weighted by atomic mass is 10.0. The summed E-state index contributed by atoms with van der Waals surface area (Å²) in [5.41, 5.74) is 2.36. The van der Waals surface area contributed by atoms with Gasteiger partial charge in [-0.25, -0.2) is 0 Å². The first-order chi connectivity index (χ1) is 9.65. The SMILES string of the molecule is CCCNC(c1ccc(OC)c(Br)c1)c1cnn(C)c1. The van der Waals surface area contributed by atoms with E-state index in [1.54, 1.807) is 7.11 Å². The van der Waals surface area contributed by atoms with E-state index < -0.39 is 0 Å². The van der Waals surface area contributed by atoms with Crippen molar-refractivity contribution in [2.24, 2.45) is 7.05 Å². The summed E-state index contributed by atoms with van der Waals surface area (Å²) >= 11 is 3.55. The van der Waals surface area contributed by atoms with Crippen LogP contribution in [0, 0.1) is 0 Å². The lowest BCUT2D eigenvalue weighted by Crippen LogP contribution is -2.22. The third kappa shape index (κ3) is 3.41. The molecular weight excluding hydrogens is 318 g/mol. The van der Waals surface area contributed by atoms with Crippen molar-refractivity contribution in [3.05, 3.63) is 46.2 Å². The fourth-order valence-electron chi connectivity index (χ4n) is 2.17. The molecular formula is C15H20BrN3O. The molecule has 0 amide bonds. The predicted octanol–water partition coefficient (Wildman–Crippen LogP) is 3.28. The smallest absolute Gasteiger partial charge is 0.133 e. The molecule has 0 saturated heterocycles. The first kappa shape index (κ1) is 15.1. The van der Waals surface area contributed by atoms with Crippen molar-refractivity contribution >= 4 is 15.9 Å². The molecule has 0 aliphatic rings. The van der Waals surface area contributed by atoms with Crippen LogP contribution in [0.1, 0.15) is 30.5 Å². The molecule has 0 saturated carbocycles. The highest BCUT2D eigenvalue weighted by Gasteiger charge is 2.16. The zero-order valence-electron chi connectivity index (χ0n) is 12.1. The second kappa shape index (κ2) is 6.90. The summed E-state index contributed by atoms with van der Waals surface area (Å²) in [4.78, 5) is 0. The van der Waals surface area contributed by atoms with Crippen molar-refractivity contribution < 1.29 is 4.74 Å². The van der Waals surface area contributed by atoms with Gasteiger partial charge in [0.15, 0.2) is 0 Å². The maximum atomic E-state index is 5.29. The lowest BCUT2D eigenvalue weighted by Gasteiger charge is -2.18. The number of rotatable bonds is 6. The van der Waals surface area contributed by atoms with Crippen molar-refractivity contribution in [3.63, 3.8) is 0 Å². The van der Waals surface area contributed by atoms with Gasteiger partial charge in [-0.05, 0) is 46.6 Å². The summed E-state index contributed by atoms with van der Waals surface area (Å²) in [5, 5.41) is 7.83. The molecule has 1 atom stereocenters. The summed E-state index contributed by atoms with van der Waals surface area (Å²) in [6.45, 7) is 3.13. The van der Waals surface area contributed by atoms with Crippen LogP contribution in [0.4, 0.5) is 0 Å². The fourth-order valence-corrected chi connectivity index (χ4v) is 2.73. The molecule has 1 heterocycles. The summed E-state index contributed by atoms with van der Waals surface area (Å²) in [6, 6.07) is 6.31. The van der Waals surface area contributed by atoms with E-state index in [4.69, 9.17) is 4.74 Å². The van der Waals surface area contributed by atoms with Crippen molar-refractivity contribution in [1.82, 2.24) is 15.1 Å². The summed E-state index contributed by atoms with van der Waals surface area (Å²) in [7, 11) is 3.61. The van der Waals surface area contributed by atoms with E-state index in [-0.39, 0.29) is 6.04 Å². The van der Waals surface area contributed by atoms with Gasteiger partial charge in [0.25, 0.3) is 0 Å². The average Bonchev–Trinajstić information content (AvgIpc) is 2.86. The first-order valence-electron chi connectivity index (χ1n) is 6.71. The molecule has 0 spiro atoms. The molecule has 0 aliphatic carbocycles. The monoisotopic (exact) mass is 337 g/mol. The maximum Gasteiger partial charge on any atom is 0.133 e. The van der Waals surface area contributed by atoms with Crippen molar-refractivity contribution in [2.75, 3.05) is 13.7 Å². The van der Waals surface area contributed by atoms with E-state index in [0.717, 1.165) is 28.8 Å². The van der Waals surface area contributed by atoms with Gasteiger partial charge in [0.2, 0.25) is 0 Å². The molecule has 5 heteroatoms. The van der Waals surface area contributed by atoms with Crippen molar-refractivity contribution in [3.8, 4) is 5.75 Å². The van der Waals surface area contributed by atoms with Gasteiger partial charge in [-0.1, -0.05) is 13.0 Å². The van der Waals surface area contributed by atoms with Gasteiger partial charge in [-0.2, -0.15) is 5.10 Å². The minimum atomic E-state index is 0.144. The van der Waals surface area contributed by atoms with Crippen molar-refractivity contribution in [1.29, 1.82) is 0 Å². The number of halogens is 1. The highest BCUT2D eigenvalue weighted by Crippen LogP contribution is 2.30. The third-order valence-electron chi connectivity index (χ3n) is 3.17. The van der Waals surface area contributed by atoms with Gasteiger partial charge in [-0.3, -0.25) is 4.68 Å². The minimum absolute atomic E-state index is 0.144. The zero-order chi connectivity index (χ0) is 14.5. The summed E-state index contributed by atoms with van der Waals surface area (Å²) in [5.74, 6) is 0.842. The van der Waals surface area contributed by atoms with E-state index in [1.165, 1.54) is 5.56 Å². The Morgan fingerprint density at radius 2 is 2.20 bits per heavy atom. The highest BCUT2D eigenvalue weighted by atomic mass is 79.9. The number of hydrogen-bond donors (Lipinski definition) is 1. The van der Waals surface area contributed by atoms with Crippen LogP contribution < -0.4 is 10.1 Å². The molecule has 0 aliphatic heterocycles. The van der Waals surface area contributed by atoms with Crippen LogP contribution in [0.15, 0.2) is 35.1 Å². The van der Waals surface area contributed by atoms with Crippen LogP contribution in [0.5, 0.6) is 5.75 Å². The number of ether oxygens (including phenoxy) is 1. The van der Waals surface area contributed by atoms with Gasteiger partial charge in [0.05, 0.1) is 23.8 Å². The fraction of sp³-hybridized carbons (Fsp3) is 0.400. The molecule has 1 aromatic carbocycles. The van der Waals surface area contributed by atoms with Crippen LogP contribution >= 0.6 is 15.9 Å². The minimum Gasteiger partial charge on any atom is -0.496 e. The Kier molecular flexibility index (Phi) is 5.20. The zero-order valence-corrected chi connectivity index (χ0v) is 13.6. The second-order valence-corrected chi connectivity index (χ2v) is 5.58. The Morgan fingerprint density at radius 3 is 2.75 bits per heavy atom. The van der Waals surface area contributed by atoms with Crippen LogP contribution in [-0.2, 0) is 7.05 Å². The van der Waals surface area contributed by atoms with Gasteiger partial charge in [0, 0.05) is 18.8 Å². The second-order valence-electron chi connectivity index (χ2n) is 4.73. The third-order valence-corrected chi connectivity index (χ3v) is 3.79. The normalized spacial score (nSPS) is 12.4. The molecule has 2 aromatic rings. The molecule has 0 fully saturated rings. The molecule has 0 bridgehead atoms. The largest absolute Gasteiger partial charge is 0.496 e. The predicted molar refractivity (Wildman–Crippen MR) is 84.0 cm³/mol. The van der Waals surface area contributed by atoms with Crippen LogP contribution in [0.2, 0.25) is 0 Å². The highest BCUT2D eigenvalue weighted by molar-refractivity contribution is 9.10. The molecule has 1 N–H and O–H groups in total. The van der Waals surface area contributed by atoms with E-state index in [1.807, 2.05) is 30.2 Å². The molecule has 4 nitrogen and oxygen atoms in total. The topological polar surface area (TPSA) is 39.1 Å². The molecule has 0 radical (unpaired) electrons. The van der Waals surface area contributed by atoms with Gasteiger partial charge >= 0.3 is 0 Å². The van der Waals surface area contributed by atoms with Crippen LogP contribution in [-0.4, -0.2) is 23.4 Å². The number of methoxy groups -OCH3 is 1. The summed E-state index contributed by atoms with van der Waals surface area (Å²) < 4.78 is 8.08. The summed E-state index contributed by atoms with van der Waals surface area (Å²) in [6.07, 6.45) is 5.05. The quantitative estimate of drug-likeness (QED) is 0.879. The number of aromatic nitrogens is 2. The Labute approximate surface area is 128 Å². The number of nitrogens with zero attached hydrogens (tertiary/aromatic N) is 2. The van der Waals surface area contributed by atoms with E-state index in [9.17, 15) is 0 Å². The standard InChI is InChI=1S/C15H20BrN3O/c1-4-7-17-15(12-9-18-19(2)10-12)11-5-6-14(20-3)13(16)8-11/h5-6,8-10,15,17H,4,7H2,1-3H3. The van der Waals surface area contributed by atoms with Gasteiger partial charge in [-0.15, -0.1) is 0 Å². The molecule has 1 unspecified atom stereocenters. The lowest BCUT2D eigenvalue weighted by molar-refractivity contribution is 0.411. The maximum absolute atomic E-state index is 5.29. The van der Waals surface area contributed by atoms with E-state index >= 15 is 0 Å². The number of hydrogen-bond acceptors (Lipinski definition) is 3. The molecule has 2 rings (SSSR count). The number of benzene rings is 1. The Bertz CT molecular complexity index is 568.